The molecule has 3 nitrogen and oxygen atoms in total. The van der Waals surface area contributed by atoms with Crippen molar-refractivity contribution in [1.82, 2.24) is 0 Å². The second-order valence-corrected chi connectivity index (χ2v) is 6.02. The Morgan fingerprint density at radius 2 is 2.14 bits per heavy atom. The molecular formula is C15H16BrClFNO2. The van der Waals surface area contributed by atoms with Crippen LogP contribution in [-0.4, -0.2) is 6.04 Å². The molecule has 1 heterocycles. The number of hydrogen-bond acceptors (Lipinski definition) is 3. The summed E-state index contributed by atoms with van der Waals surface area (Å²) in [5.74, 6) is 1.17. The lowest BCUT2D eigenvalue weighted by molar-refractivity contribution is 0.142. The first-order chi connectivity index (χ1) is 9.92. The van der Waals surface area contributed by atoms with Crippen molar-refractivity contribution in [2.75, 3.05) is 0 Å². The van der Waals surface area contributed by atoms with Crippen molar-refractivity contribution in [1.29, 1.82) is 0 Å². The van der Waals surface area contributed by atoms with E-state index < -0.39 is 11.9 Å². The van der Waals surface area contributed by atoms with Crippen molar-refractivity contribution in [2.24, 2.45) is 5.73 Å². The molecule has 2 unspecified atom stereocenters. The molecule has 21 heavy (non-hydrogen) atoms. The Kier molecular flexibility index (Phi) is 5.30. The van der Waals surface area contributed by atoms with Gasteiger partial charge in [0.1, 0.15) is 23.1 Å². The molecule has 2 N–H and O–H groups in total. The van der Waals surface area contributed by atoms with Gasteiger partial charge in [-0.3, -0.25) is 0 Å². The maximum absolute atomic E-state index is 13.6. The SMILES string of the molecule is CCC(N)C(Oc1cc(F)c(Cl)cc1Br)c1ccc(C)o1. The van der Waals surface area contributed by atoms with Crippen LogP contribution < -0.4 is 10.5 Å². The minimum atomic E-state index is -0.547. The van der Waals surface area contributed by atoms with Gasteiger partial charge in [-0.15, -0.1) is 0 Å². The van der Waals surface area contributed by atoms with Gasteiger partial charge in [0.25, 0.3) is 0 Å². The van der Waals surface area contributed by atoms with Crippen molar-refractivity contribution >= 4 is 27.5 Å². The van der Waals surface area contributed by atoms with Gasteiger partial charge in [-0.05, 0) is 47.5 Å². The molecule has 0 aliphatic rings. The lowest BCUT2D eigenvalue weighted by Gasteiger charge is -2.23. The zero-order chi connectivity index (χ0) is 15.6. The minimum absolute atomic E-state index is 0.0272. The first kappa shape index (κ1) is 16.3. The van der Waals surface area contributed by atoms with Crippen molar-refractivity contribution in [2.45, 2.75) is 32.4 Å². The third kappa shape index (κ3) is 3.78. The molecule has 2 rings (SSSR count). The molecule has 0 amide bonds. The van der Waals surface area contributed by atoms with Gasteiger partial charge >= 0.3 is 0 Å². The van der Waals surface area contributed by atoms with Crippen LogP contribution in [0.2, 0.25) is 5.02 Å². The molecule has 0 radical (unpaired) electrons. The van der Waals surface area contributed by atoms with E-state index in [1.165, 1.54) is 12.1 Å². The predicted molar refractivity (Wildman–Crippen MR) is 84.2 cm³/mol. The van der Waals surface area contributed by atoms with E-state index in [-0.39, 0.29) is 11.1 Å². The highest BCUT2D eigenvalue weighted by Gasteiger charge is 2.25. The lowest BCUT2D eigenvalue weighted by atomic mass is 10.1. The molecule has 2 atom stereocenters. The summed E-state index contributed by atoms with van der Waals surface area (Å²) in [6, 6.07) is 6.06. The minimum Gasteiger partial charge on any atom is -0.480 e. The van der Waals surface area contributed by atoms with E-state index in [0.717, 1.165) is 5.76 Å². The molecule has 0 bridgehead atoms. The number of furan rings is 1. The maximum Gasteiger partial charge on any atom is 0.171 e. The molecule has 1 aromatic heterocycles. The summed E-state index contributed by atoms with van der Waals surface area (Å²) in [5.41, 5.74) is 6.10. The maximum atomic E-state index is 13.6. The molecule has 0 saturated heterocycles. The second kappa shape index (κ2) is 6.81. The van der Waals surface area contributed by atoms with Gasteiger partial charge in [0.2, 0.25) is 0 Å². The van der Waals surface area contributed by atoms with Gasteiger partial charge in [-0.25, -0.2) is 4.39 Å². The number of rotatable bonds is 5. The molecule has 0 aliphatic heterocycles. The van der Waals surface area contributed by atoms with Crippen LogP contribution in [0.4, 0.5) is 4.39 Å². The molecule has 0 saturated carbocycles. The van der Waals surface area contributed by atoms with E-state index in [0.29, 0.717) is 22.4 Å². The summed E-state index contributed by atoms with van der Waals surface area (Å²) in [7, 11) is 0. The Morgan fingerprint density at radius 1 is 1.43 bits per heavy atom. The van der Waals surface area contributed by atoms with Crippen LogP contribution in [0.15, 0.2) is 33.2 Å². The first-order valence-electron chi connectivity index (χ1n) is 6.55. The van der Waals surface area contributed by atoms with Crippen LogP contribution in [-0.2, 0) is 0 Å². The fraction of sp³-hybridized carbons (Fsp3) is 0.333. The Bertz CT molecular complexity index is 632. The molecule has 2 aromatic rings. The molecule has 0 aliphatic carbocycles. The van der Waals surface area contributed by atoms with Crippen LogP contribution >= 0.6 is 27.5 Å². The quantitative estimate of drug-likeness (QED) is 0.747. The number of hydrogen-bond donors (Lipinski definition) is 1. The topological polar surface area (TPSA) is 48.4 Å². The highest BCUT2D eigenvalue weighted by Crippen LogP contribution is 2.35. The van der Waals surface area contributed by atoms with Crippen molar-refractivity contribution < 1.29 is 13.5 Å². The van der Waals surface area contributed by atoms with E-state index in [4.69, 9.17) is 26.5 Å². The molecule has 1 aromatic carbocycles. The highest BCUT2D eigenvalue weighted by atomic mass is 79.9. The van der Waals surface area contributed by atoms with E-state index in [9.17, 15) is 4.39 Å². The Hall–Kier alpha value is -1.04. The summed E-state index contributed by atoms with van der Waals surface area (Å²) in [6.07, 6.45) is 0.193. The second-order valence-electron chi connectivity index (χ2n) is 4.76. The summed E-state index contributed by atoms with van der Waals surface area (Å²) in [4.78, 5) is 0. The number of aryl methyl sites for hydroxylation is 1. The molecule has 0 fully saturated rings. The van der Waals surface area contributed by atoms with Crippen LogP contribution in [0.3, 0.4) is 0 Å². The number of benzene rings is 1. The number of halogens is 3. The van der Waals surface area contributed by atoms with Crippen molar-refractivity contribution in [3.8, 4) is 5.75 Å². The standard InChI is InChI=1S/C15H16BrClFNO2/c1-3-12(19)15(13-5-4-8(2)20-13)21-14-7-11(18)10(17)6-9(14)16/h4-7,12,15H,3,19H2,1-2H3. The third-order valence-electron chi connectivity index (χ3n) is 3.13. The normalized spacial score (nSPS) is 14.0. The van der Waals surface area contributed by atoms with E-state index in [1.807, 2.05) is 26.0 Å². The predicted octanol–water partition coefficient (Wildman–Crippen LogP) is 5.00. The van der Waals surface area contributed by atoms with E-state index in [1.54, 1.807) is 0 Å². The van der Waals surface area contributed by atoms with Gasteiger partial charge in [0.05, 0.1) is 9.50 Å². The Labute approximate surface area is 136 Å². The molecule has 0 spiro atoms. The Morgan fingerprint density at radius 3 is 2.71 bits per heavy atom. The smallest absolute Gasteiger partial charge is 0.171 e. The molecular weight excluding hydrogens is 361 g/mol. The van der Waals surface area contributed by atoms with Crippen LogP contribution in [0, 0.1) is 12.7 Å². The van der Waals surface area contributed by atoms with Gasteiger partial charge in [-0.2, -0.15) is 0 Å². The fourth-order valence-electron chi connectivity index (χ4n) is 1.91. The Balaban J connectivity index is 2.33. The van der Waals surface area contributed by atoms with Gasteiger partial charge in [0.15, 0.2) is 6.10 Å². The summed E-state index contributed by atoms with van der Waals surface area (Å²) >= 11 is 9.04. The fourth-order valence-corrected chi connectivity index (χ4v) is 2.64. The van der Waals surface area contributed by atoms with Crippen molar-refractivity contribution in [3.63, 3.8) is 0 Å². The summed E-state index contributed by atoms with van der Waals surface area (Å²) in [6.45, 7) is 3.80. The van der Waals surface area contributed by atoms with E-state index >= 15 is 0 Å². The zero-order valence-electron chi connectivity index (χ0n) is 11.7. The number of nitrogens with two attached hydrogens (primary N) is 1. The van der Waals surface area contributed by atoms with Gasteiger partial charge in [-0.1, -0.05) is 18.5 Å². The summed E-state index contributed by atoms with van der Waals surface area (Å²) in [5, 5.41) is 0.0272. The molecule has 6 heteroatoms. The first-order valence-corrected chi connectivity index (χ1v) is 7.72. The van der Waals surface area contributed by atoms with Gasteiger partial charge in [0, 0.05) is 12.1 Å². The molecule has 114 valence electrons. The van der Waals surface area contributed by atoms with Gasteiger partial charge < -0.3 is 14.9 Å². The monoisotopic (exact) mass is 375 g/mol. The number of ether oxygens (including phenoxy) is 1. The van der Waals surface area contributed by atoms with E-state index in [2.05, 4.69) is 15.9 Å². The lowest BCUT2D eigenvalue weighted by Crippen LogP contribution is -2.31. The zero-order valence-corrected chi connectivity index (χ0v) is 14.0. The van der Waals surface area contributed by atoms with Crippen LogP contribution in [0.5, 0.6) is 5.75 Å². The average molecular weight is 377 g/mol. The summed E-state index contributed by atoms with van der Waals surface area (Å²) < 4.78 is 25.6. The largest absolute Gasteiger partial charge is 0.480 e. The highest BCUT2D eigenvalue weighted by molar-refractivity contribution is 9.10. The third-order valence-corrected chi connectivity index (χ3v) is 4.04. The average Bonchev–Trinajstić information content (AvgIpc) is 2.87. The van der Waals surface area contributed by atoms with Crippen molar-refractivity contribution in [3.05, 3.63) is 51.1 Å². The van der Waals surface area contributed by atoms with Crippen LogP contribution in [0.25, 0.3) is 0 Å². The van der Waals surface area contributed by atoms with Crippen LogP contribution in [0.1, 0.15) is 31.0 Å².